The number of aliphatic hydroxyl groups excluding tert-OH is 1. The van der Waals surface area contributed by atoms with Crippen LogP contribution in [-0.4, -0.2) is 41.1 Å². The number of hydrogen-bond donors (Lipinski definition) is 2. The molecule has 2 rings (SSSR count). The van der Waals surface area contributed by atoms with Gasteiger partial charge in [-0.3, -0.25) is 9.69 Å². The van der Waals surface area contributed by atoms with Gasteiger partial charge < -0.3 is 10.4 Å². The smallest absolute Gasteiger partial charge is 0.234 e. The molecule has 0 bridgehead atoms. The molecule has 1 saturated heterocycles. The van der Waals surface area contributed by atoms with Gasteiger partial charge in [0.05, 0.1) is 19.7 Å². The van der Waals surface area contributed by atoms with Crippen molar-refractivity contribution < 1.29 is 9.90 Å². The van der Waals surface area contributed by atoms with Gasteiger partial charge in [-0.2, -0.15) is 0 Å². The molecule has 2 heterocycles. The lowest BCUT2D eigenvalue weighted by Gasteiger charge is -2.39. The number of piperidine rings is 1. The van der Waals surface area contributed by atoms with Crippen LogP contribution in [0.25, 0.3) is 0 Å². The molecule has 0 saturated carbocycles. The molecule has 1 aliphatic heterocycles. The summed E-state index contributed by atoms with van der Waals surface area (Å²) in [5.41, 5.74) is 1.23. The average molecular weight is 296 g/mol. The predicted molar refractivity (Wildman–Crippen MR) is 81.8 cm³/mol. The average Bonchev–Trinajstić information content (AvgIpc) is 2.84. The molecule has 1 aromatic rings. The molecule has 1 aromatic heterocycles. The molecule has 0 spiro atoms. The number of nitrogens with one attached hydrogen (secondary N) is 1. The second-order valence-electron chi connectivity index (χ2n) is 5.59. The second kappa shape index (κ2) is 7.20. The number of aliphatic hydroxyl groups is 1. The maximum Gasteiger partial charge on any atom is 0.234 e. The number of thiophene rings is 1. The van der Waals surface area contributed by atoms with Crippen molar-refractivity contribution in [3.8, 4) is 0 Å². The standard InChI is InChI=1S/C15H24N2O2S/c1-11-6-7-20-14(11)8-16-15(19)9-17-12(2)4-3-5-13(17)10-18/h6-7,12-13,18H,3-5,8-10H2,1-2H3,(H,16,19). The summed E-state index contributed by atoms with van der Waals surface area (Å²) in [6.45, 7) is 5.33. The SMILES string of the molecule is Cc1ccsc1CNC(=O)CN1C(C)CCCC1CO. The summed E-state index contributed by atoms with van der Waals surface area (Å²) in [7, 11) is 0. The molecule has 20 heavy (non-hydrogen) atoms. The fraction of sp³-hybridized carbons (Fsp3) is 0.667. The minimum atomic E-state index is 0.0463. The van der Waals surface area contributed by atoms with Gasteiger partial charge >= 0.3 is 0 Å². The van der Waals surface area contributed by atoms with Crippen molar-refractivity contribution in [2.24, 2.45) is 0 Å². The van der Waals surface area contributed by atoms with Crippen molar-refractivity contribution in [1.29, 1.82) is 0 Å². The molecular weight excluding hydrogens is 272 g/mol. The third-order valence-electron chi connectivity index (χ3n) is 4.15. The van der Waals surface area contributed by atoms with Crippen LogP contribution in [0.1, 0.15) is 36.6 Å². The molecule has 1 amide bonds. The van der Waals surface area contributed by atoms with Crippen LogP contribution < -0.4 is 5.32 Å². The Morgan fingerprint density at radius 3 is 3.00 bits per heavy atom. The Bertz CT molecular complexity index is 447. The van der Waals surface area contributed by atoms with Crippen molar-refractivity contribution >= 4 is 17.2 Å². The number of amides is 1. The van der Waals surface area contributed by atoms with Crippen molar-refractivity contribution in [2.75, 3.05) is 13.2 Å². The summed E-state index contributed by atoms with van der Waals surface area (Å²) in [6.07, 6.45) is 3.23. The summed E-state index contributed by atoms with van der Waals surface area (Å²) in [5.74, 6) is 0.0463. The van der Waals surface area contributed by atoms with Gasteiger partial charge in [0.15, 0.2) is 0 Å². The highest BCUT2D eigenvalue weighted by molar-refractivity contribution is 7.10. The number of rotatable bonds is 5. The zero-order chi connectivity index (χ0) is 14.5. The van der Waals surface area contributed by atoms with E-state index in [1.165, 1.54) is 10.4 Å². The Hall–Kier alpha value is -0.910. The highest BCUT2D eigenvalue weighted by atomic mass is 32.1. The number of hydrogen-bond acceptors (Lipinski definition) is 4. The highest BCUT2D eigenvalue weighted by Crippen LogP contribution is 2.22. The zero-order valence-electron chi connectivity index (χ0n) is 12.3. The maximum atomic E-state index is 12.1. The Balaban J connectivity index is 1.85. The first-order chi connectivity index (χ1) is 9.61. The van der Waals surface area contributed by atoms with Gasteiger partial charge in [0, 0.05) is 17.0 Å². The Morgan fingerprint density at radius 1 is 1.55 bits per heavy atom. The van der Waals surface area contributed by atoms with Crippen LogP contribution in [0.3, 0.4) is 0 Å². The van der Waals surface area contributed by atoms with Crippen molar-refractivity contribution in [2.45, 2.75) is 51.7 Å². The molecular formula is C15H24N2O2S. The molecule has 0 radical (unpaired) electrons. The van der Waals surface area contributed by atoms with Crippen LogP contribution in [-0.2, 0) is 11.3 Å². The summed E-state index contributed by atoms with van der Waals surface area (Å²) < 4.78 is 0. The molecule has 5 heteroatoms. The normalized spacial score (nSPS) is 23.8. The van der Waals surface area contributed by atoms with E-state index in [9.17, 15) is 9.90 Å². The van der Waals surface area contributed by atoms with Gasteiger partial charge in [0.1, 0.15) is 0 Å². The van der Waals surface area contributed by atoms with E-state index in [2.05, 4.69) is 30.1 Å². The highest BCUT2D eigenvalue weighted by Gasteiger charge is 2.28. The fourth-order valence-corrected chi connectivity index (χ4v) is 3.65. The van der Waals surface area contributed by atoms with Crippen LogP contribution >= 0.6 is 11.3 Å². The van der Waals surface area contributed by atoms with Crippen molar-refractivity contribution in [3.63, 3.8) is 0 Å². The van der Waals surface area contributed by atoms with Crippen molar-refractivity contribution in [1.82, 2.24) is 10.2 Å². The predicted octanol–water partition coefficient (Wildman–Crippen LogP) is 1.91. The summed E-state index contributed by atoms with van der Waals surface area (Å²) in [6, 6.07) is 2.57. The number of nitrogens with zero attached hydrogens (tertiary/aromatic N) is 1. The van der Waals surface area contributed by atoms with E-state index in [-0.39, 0.29) is 18.6 Å². The van der Waals surface area contributed by atoms with Crippen molar-refractivity contribution in [3.05, 3.63) is 21.9 Å². The first-order valence-electron chi connectivity index (χ1n) is 7.28. The van der Waals surface area contributed by atoms with E-state index in [0.717, 1.165) is 19.3 Å². The largest absolute Gasteiger partial charge is 0.395 e. The molecule has 2 N–H and O–H groups in total. The summed E-state index contributed by atoms with van der Waals surface area (Å²) >= 11 is 1.67. The Morgan fingerprint density at radius 2 is 2.35 bits per heavy atom. The Labute approximate surface area is 124 Å². The molecule has 4 nitrogen and oxygen atoms in total. The number of carbonyl (C=O) groups excluding carboxylic acids is 1. The van der Waals surface area contributed by atoms with E-state index in [1.807, 2.05) is 5.38 Å². The first-order valence-corrected chi connectivity index (χ1v) is 8.16. The second-order valence-corrected chi connectivity index (χ2v) is 6.59. The molecule has 112 valence electrons. The number of likely N-dealkylation sites (tertiary alicyclic amines) is 1. The molecule has 2 unspecified atom stereocenters. The van der Waals surface area contributed by atoms with Crippen LogP contribution in [0.5, 0.6) is 0 Å². The van der Waals surface area contributed by atoms with Crippen LogP contribution in [0.15, 0.2) is 11.4 Å². The third kappa shape index (κ3) is 3.81. The van der Waals surface area contributed by atoms with Crippen LogP contribution in [0.4, 0.5) is 0 Å². The minimum Gasteiger partial charge on any atom is -0.395 e. The summed E-state index contributed by atoms with van der Waals surface area (Å²) in [4.78, 5) is 15.4. The van der Waals surface area contributed by atoms with E-state index >= 15 is 0 Å². The van der Waals surface area contributed by atoms with Crippen LogP contribution in [0, 0.1) is 6.92 Å². The molecule has 0 aromatic carbocycles. The quantitative estimate of drug-likeness (QED) is 0.872. The monoisotopic (exact) mass is 296 g/mol. The zero-order valence-corrected chi connectivity index (χ0v) is 13.1. The van der Waals surface area contributed by atoms with Gasteiger partial charge in [-0.25, -0.2) is 0 Å². The lowest BCUT2D eigenvalue weighted by atomic mass is 9.97. The number of carbonyl (C=O) groups is 1. The summed E-state index contributed by atoms with van der Waals surface area (Å²) in [5, 5.41) is 14.5. The van der Waals surface area contributed by atoms with E-state index in [0.29, 0.717) is 19.1 Å². The Kier molecular flexibility index (Phi) is 5.57. The van der Waals surface area contributed by atoms with E-state index < -0.39 is 0 Å². The molecule has 1 fully saturated rings. The maximum absolute atomic E-state index is 12.1. The van der Waals surface area contributed by atoms with E-state index in [4.69, 9.17) is 0 Å². The lowest BCUT2D eigenvalue weighted by Crippen LogP contribution is -2.51. The van der Waals surface area contributed by atoms with Gasteiger partial charge in [-0.15, -0.1) is 11.3 Å². The van der Waals surface area contributed by atoms with Gasteiger partial charge in [-0.1, -0.05) is 6.42 Å². The number of aryl methyl sites for hydroxylation is 1. The van der Waals surface area contributed by atoms with Crippen LogP contribution in [0.2, 0.25) is 0 Å². The lowest BCUT2D eigenvalue weighted by molar-refractivity contribution is -0.124. The molecule has 1 aliphatic rings. The fourth-order valence-electron chi connectivity index (χ4n) is 2.81. The molecule has 2 atom stereocenters. The van der Waals surface area contributed by atoms with Gasteiger partial charge in [0.25, 0.3) is 0 Å². The van der Waals surface area contributed by atoms with Gasteiger partial charge in [-0.05, 0) is 43.7 Å². The minimum absolute atomic E-state index is 0.0463. The van der Waals surface area contributed by atoms with E-state index in [1.54, 1.807) is 11.3 Å². The first kappa shape index (κ1) is 15.5. The molecule has 0 aliphatic carbocycles. The van der Waals surface area contributed by atoms with Gasteiger partial charge in [0.2, 0.25) is 5.91 Å². The topological polar surface area (TPSA) is 52.6 Å². The third-order valence-corrected chi connectivity index (χ3v) is 5.17.